The van der Waals surface area contributed by atoms with E-state index < -0.39 is 22.5 Å². The SMILES string of the molecule is CCS(=O)(=O)N(CC(=O)O)c1ccc(CC#N)cc1. The Morgan fingerprint density at radius 1 is 1.37 bits per heavy atom. The predicted octanol–water partition coefficient (Wildman–Crippen LogP) is 0.993. The first-order valence-electron chi connectivity index (χ1n) is 5.58. The average molecular weight is 282 g/mol. The molecular weight excluding hydrogens is 268 g/mol. The van der Waals surface area contributed by atoms with Crippen molar-refractivity contribution in [2.45, 2.75) is 13.3 Å². The summed E-state index contributed by atoms with van der Waals surface area (Å²) in [7, 11) is -3.65. The van der Waals surface area contributed by atoms with Gasteiger partial charge in [0.1, 0.15) is 6.54 Å². The van der Waals surface area contributed by atoms with E-state index in [2.05, 4.69) is 0 Å². The lowest BCUT2D eigenvalue weighted by atomic mass is 10.1. The number of rotatable bonds is 6. The van der Waals surface area contributed by atoms with E-state index in [4.69, 9.17) is 10.4 Å². The summed E-state index contributed by atoms with van der Waals surface area (Å²) in [5.41, 5.74) is 1.03. The molecule has 0 aliphatic rings. The smallest absolute Gasteiger partial charge is 0.324 e. The van der Waals surface area contributed by atoms with Crippen LogP contribution in [-0.4, -0.2) is 31.8 Å². The molecule has 0 saturated heterocycles. The van der Waals surface area contributed by atoms with Crippen molar-refractivity contribution < 1.29 is 18.3 Å². The third-order valence-corrected chi connectivity index (χ3v) is 4.23. The van der Waals surface area contributed by atoms with Gasteiger partial charge in [0.05, 0.1) is 23.9 Å². The molecular formula is C12H14N2O4S. The van der Waals surface area contributed by atoms with Crippen molar-refractivity contribution >= 4 is 21.7 Å². The van der Waals surface area contributed by atoms with Crippen molar-refractivity contribution in [2.75, 3.05) is 16.6 Å². The zero-order valence-electron chi connectivity index (χ0n) is 10.4. The molecule has 1 N–H and O–H groups in total. The number of hydrogen-bond acceptors (Lipinski definition) is 4. The quantitative estimate of drug-likeness (QED) is 0.839. The summed E-state index contributed by atoms with van der Waals surface area (Å²) in [5.74, 6) is -1.40. The molecule has 6 nitrogen and oxygen atoms in total. The number of nitriles is 1. The minimum Gasteiger partial charge on any atom is -0.480 e. The Labute approximate surface area is 111 Å². The van der Waals surface area contributed by atoms with Crippen LogP contribution in [0.1, 0.15) is 12.5 Å². The molecule has 0 amide bonds. The summed E-state index contributed by atoms with van der Waals surface area (Å²) < 4.78 is 24.6. The molecule has 0 bridgehead atoms. The number of carboxylic acid groups (broad SMARTS) is 1. The molecule has 1 aromatic carbocycles. The van der Waals surface area contributed by atoms with Crippen molar-refractivity contribution in [1.82, 2.24) is 0 Å². The van der Waals surface area contributed by atoms with E-state index >= 15 is 0 Å². The van der Waals surface area contributed by atoms with Crippen LogP contribution in [-0.2, 0) is 21.2 Å². The summed E-state index contributed by atoms with van der Waals surface area (Å²) in [6.07, 6.45) is 0.222. The van der Waals surface area contributed by atoms with Crippen LogP contribution in [0, 0.1) is 11.3 Å². The largest absolute Gasteiger partial charge is 0.480 e. The standard InChI is InChI=1S/C12H14N2O4S/c1-2-19(17,18)14(9-12(15)16)11-5-3-10(4-6-11)7-8-13/h3-6H,2,7,9H2,1H3,(H,15,16). The van der Waals surface area contributed by atoms with E-state index in [1.807, 2.05) is 6.07 Å². The van der Waals surface area contributed by atoms with Crippen LogP contribution in [0.4, 0.5) is 5.69 Å². The van der Waals surface area contributed by atoms with Gasteiger partial charge >= 0.3 is 5.97 Å². The molecule has 102 valence electrons. The van der Waals surface area contributed by atoms with Crippen molar-refractivity contribution in [3.63, 3.8) is 0 Å². The minimum absolute atomic E-state index is 0.180. The number of carbonyl (C=O) groups is 1. The molecule has 0 heterocycles. The molecule has 19 heavy (non-hydrogen) atoms. The molecule has 0 aliphatic heterocycles. The van der Waals surface area contributed by atoms with Crippen LogP contribution in [0.5, 0.6) is 0 Å². The maximum Gasteiger partial charge on any atom is 0.324 e. The Balaban J connectivity index is 3.12. The van der Waals surface area contributed by atoms with Gasteiger partial charge in [0.25, 0.3) is 0 Å². The predicted molar refractivity (Wildman–Crippen MR) is 70.2 cm³/mol. The third-order valence-electron chi connectivity index (χ3n) is 2.49. The van der Waals surface area contributed by atoms with Gasteiger partial charge in [0, 0.05) is 0 Å². The Kier molecular flexibility index (Phi) is 4.89. The zero-order chi connectivity index (χ0) is 14.5. The summed E-state index contributed by atoms with van der Waals surface area (Å²) in [6, 6.07) is 8.21. The van der Waals surface area contributed by atoms with Crippen LogP contribution in [0.25, 0.3) is 0 Å². The number of hydrogen-bond donors (Lipinski definition) is 1. The van der Waals surface area contributed by atoms with Gasteiger partial charge in [-0.3, -0.25) is 9.10 Å². The highest BCUT2D eigenvalue weighted by Gasteiger charge is 2.22. The molecule has 7 heteroatoms. The highest BCUT2D eigenvalue weighted by Crippen LogP contribution is 2.19. The molecule has 0 unspecified atom stereocenters. The highest BCUT2D eigenvalue weighted by molar-refractivity contribution is 7.92. The molecule has 0 aliphatic carbocycles. The van der Waals surface area contributed by atoms with Gasteiger partial charge in [-0.25, -0.2) is 8.42 Å². The summed E-state index contributed by atoms with van der Waals surface area (Å²) in [5, 5.41) is 17.3. The van der Waals surface area contributed by atoms with Crippen LogP contribution in [0.15, 0.2) is 24.3 Å². The van der Waals surface area contributed by atoms with Gasteiger partial charge in [-0.05, 0) is 24.6 Å². The molecule has 0 fully saturated rings. The van der Waals surface area contributed by atoms with E-state index in [-0.39, 0.29) is 17.9 Å². The first-order valence-corrected chi connectivity index (χ1v) is 7.19. The maximum absolute atomic E-state index is 11.9. The highest BCUT2D eigenvalue weighted by atomic mass is 32.2. The Morgan fingerprint density at radius 2 is 1.95 bits per heavy atom. The van der Waals surface area contributed by atoms with Gasteiger partial charge < -0.3 is 5.11 Å². The van der Waals surface area contributed by atoms with E-state index in [0.717, 1.165) is 9.87 Å². The number of anilines is 1. The van der Waals surface area contributed by atoms with Gasteiger partial charge in [-0.1, -0.05) is 12.1 Å². The fourth-order valence-electron chi connectivity index (χ4n) is 1.50. The zero-order valence-corrected chi connectivity index (χ0v) is 11.2. The molecule has 1 rings (SSSR count). The molecule has 0 aromatic heterocycles. The molecule has 1 aromatic rings. The molecule has 0 atom stereocenters. The number of benzene rings is 1. The van der Waals surface area contributed by atoms with Crippen LogP contribution in [0.2, 0.25) is 0 Å². The van der Waals surface area contributed by atoms with Crippen molar-refractivity contribution in [3.05, 3.63) is 29.8 Å². The first-order chi connectivity index (χ1) is 8.90. The molecule has 0 spiro atoms. The second-order valence-corrected chi connectivity index (χ2v) is 5.98. The van der Waals surface area contributed by atoms with Gasteiger partial charge in [-0.15, -0.1) is 0 Å². The van der Waals surface area contributed by atoms with E-state index in [9.17, 15) is 13.2 Å². The second-order valence-electron chi connectivity index (χ2n) is 3.80. The van der Waals surface area contributed by atoms with Crippen molar-refractivity contribution in [3.8, 4) is 6.07 Å². The van der Waals surface area contributed by atoms with E-state index in [1.54, 1.807) is 12.1 Å². The third kappa shape index (κ3) is 3.96. The lowest BCUT2D eigenvalue weighted by molar-refractivity contribution is -0.135. The summed E-state index contributed by atoms with van der Waals surface area (Å²) >= 11 is 0. The van der Waals surface area contributed by atoms with Crippen molar-refractivity contribution in [1.29, 1.82) is 5.26 Å². The first kappa shape index (κ1) is 15.0. The summed E-state index contributed by atoms with van der Waals surface area (Å²) in [4.78, 5) is 10.8. The van der Waals surface area contributed by atoms with Gasteiger partial charge in [0.2, 0.25) is 10.0 Å². The number of carboxylic acids is 1. The monoisotopic (exact) mass is 282 g/mol. The minimum atomic E-state index is -3.65. The number of sulfonamides is 1. The normalized spacial score (nSPS) is 10.7. The second kappa shape index (κ2) is 6.20. The van der Waals surface area contributed by atoms with Crippen LogP contribution < -0.4 is 4.31 Å². The number of nitrogens with zero attached hydrogens (tertiary/aromatic N) is 2. The lowest BCUT2D eigenvalue weighted by Gasteiger charge is -2.21. The van der Waals surface area contributed by atoms with Crippen molar-refractivity contribution in [2.24, 2.45) is 0 Å². The number of aliphatic carboxylic acids is 1. The van der Waals surface area contributed by atoms with Gasteiger partial charge in [-0.2, -0.15) is 5.26 Å². The maximum atomic E-state index is 11.9. The topological polar surface area (TPSA) is 98.5 Å². The molecule has 0 saturated carbocycles. The lowest BCUT2D eigenvalue weighted by Crippen LogP contribution is -2.36. The van der Waals surface area contributed by atoms with E-state index in [1.165, 1.54) is 19.1 Å². The Morgan fingerprint density at radius 3 is 2.37 bits per heavy atom. The Bertz CT molecular complexity index is 587. The average Bonchev–Trinajstić information content (AvgIpc) is 2.37. The van der Waals surface area contributed by atoms with Crippen LogP contribution in [0.3, 0.4) is 0 Å². The van der Waals surface area contributed by atoms with E-state index in [0.29, 0.717) is 0 Å². The fraction of sp³-hybridized carbons (Fsp3) is 0.333. The summed E-state index contributed by atoms with van der Waals surface area (Å²) in [6.45, 7) is 0.835. The van der Waals surface area contributed by atoms with Crippen LogP contribution >= 0.6 is 0 Å². The van der Waals surface area contributed by atoms with Gasteiger partial charge in [0.15, 0.2) is 0 Å². The Hall–Kier alpha value is -2.07. The molecule has 0 radical (unpaired) electrons. The fourth-order valence-corrected chi connectivity index (χ4v) is 2.56.